The molecular formula is C19H25NS. The van der Waals surface area contributed by atoms with Gasteiger partial charge in [0.05, 0.1) is 0 Å². The molecular weight excluding hydrogens is 274 g/mol. The van der Waals surface area contributed by atoms with Crippen LogP contribution in [0.5, 0.6) is 0 Å². The van der Waals surface area contributed by atoms with E-state index in [1.807, 2.05) is 11.3 Å². The van der Waals surface area contributed by atoms with Crippen LogP contribution >= 0.6 is 11.3 Å². The van der Waals surface area contributed by atoms with E-state index < -0.39 is 0 Å². The molecule has 3 rings (SSSR count). The van der Waals surface area contributed by atoms with Gasteiger partial charge in [-0.1, -0.05) is 44.2 Å². The first kappa shape index (κ1) is 14.8. The molecule has 0 amide bonds. The maximum atomic E-state index is 3.68. The zero-order valence-corrected chi connectivity index (χ0v) is 13.9. The summed E-state index contributed by atoms with van der Waals surface area (Å²) in [5, 5.41) is 3.68. The first-order valence-corrected chi connectivity index (χ1v) is 8.92. The van der Waals surface area contributed by atoms with Crippen molar-refractivity contribution in [2.45, 2.75) is 45.6 Å². The third kappa shape index (κ3) is 3.56. The molecule has 1 aliphatic rings. The van der Waals surface area contributed by atoms with Gasteiger partial charge in [-0.05, 0) is 48.3 Å². The van der Waals surface area contributed by atoms with Crippen LogP contribution < -0.4 is 5.32 Å². The van der Waals surface area contributed by atoms with E-state index in [9.17, 15) is 0 Å². The molecule has 2 heteroatoms. The van der Waals surface area contributed by atoms with E-state index in [1.165, 1.54) is 29.7 Å². The number of benzene rings is 1. The molecule has 0 saturated carbocycles. The predicted octanol–water partition coefficient (Wildman–Crippen LogP) is 4.77. The maximum Gasteiger partial charge on any atom is 0.0300 e. The van der Waals surface area contributed by atoms with E-state index in [0.29, 0.717) is 11.8 Å². The van der Waals surface area contributed by atoms with Crippen molar-refractivity contribution >= 4 is 11.3 Å². The van der Waals surface area contributed by atoms with Crippen LogP contribution in [0, 0.1) is 5.92 Å². The highest BCUT2D eigenvalue weighted by molar-refractivity contribution is 7.12. The van der Waals surface area contributed by atoms with E-state index >= 15 is 0 Å². The minimum Gasteiger partial charge on any atom is -0.311 e. The Balaban J connectivity index is 1.57. The Morgan fingerprint density at radius 2 is 1.95 bits per heavy atom. The van der Waals surface area contributed by atoms with Crippen LogP contribution in [0.2, 0.25) is 0 Å². The molecule has 1 nitrogen and oxygen atoms in total. The van der Waals surface area contributed by atoms with Crippen molar-refractivity contribution in [3.8, 4) is 0 Å². The van der Waals surface area contributed by atoms with E-state index in [0.717, 1.165) is 13.1 Å². The van der Waals surface area contributed by atoms with E-state index in [1.54, 1.807) is 10.4 Å². The molecule has 0 spiro atoms. The van der Waals surface area contributed by atoms with Gasteiger partial charge in [0.25, 0.3) is 0 Å². The normalized spacial score (nSPS) is 15.4. The average molecular weight is 299 g/mol. The van der Waals surface area contributed by atoms with Gasteiger partial charge in [0.1, 0.15) is 0 Å². The fraction of sp³-hybridized carbons (Fsp3) is 0.474. The Bertz CT molecular complexity index is 549. The quantitative estimate of drug-likeness (QED) is 0.810. The Hall–Kier alpha value is -1.12. The number of hydrogen-bond acceptors (Lipinski definition) is 2. The Kier molecular flexibility index (Phi) is 4.77. The Labute approximate surface area is 132 Å². The number of fused-ring (bicyclic) bond motifs is 1. The largest absolute Gasteiger partial charge is 0.311 e. The highest BCUT2D eigenvalue weighted by atomic mass is 32.1. The van der Waals surface area contributed by atoms with Crippen molar-refractivity contribution in [1.82, 2.24) is 5.32 Å². The Morgan fingerprint density at radius 3 is 2.67 bits per heavy atom. The molecule has 0 fully saturated rings. The summed E-state index contributed by atoms with van der Waals surface area (Å²) in [5.41, 5.74) is 3.06. The molecule has 21 heavy (non-hydrogen) atoms. The SMILES string of the molecule is CC(C)C(CNCc1cc2c(s1)CCC2)c1ccccc1. The van der Waals surface area contributed by atoms with Gasteiger partial charge in [0.15, 0.2) is 0 Å². The lowest BCUT2D eigenvalue weighted by molar-refractivity contribution is 0.462. The van der Waals surface area contributed by atoms with Crippen LogP contribution in [-0.4, -0.2) is 6.54 Å². The molecule has 0 bridgehead atoms. The van der Waals surface area contributed by atoms with Gasteiger partial charge in [-0.25, -0.2) is 0 Å². The molecule has 0 aliphatic heterocycles. The average Bonchev–Trinajstić information content (AvgIpc) is 3.05. The highest BCUT2D eigenvalue weighted by Gasteiger charge is 2.17. The molecule has 1 atom stereocenters. The van der Waals surface area contributed by atoms with Crippen LogP contribution in [0.15, 0.2) is 36.4 Å². The molecule has 112 valence electrons. The number of thiophene rings is 1. The minimum atomic E-state index is 0.595. The predicted molar refractivity (Wildman–Crippen MR) is 92.1 cm³/mol. The van der Waals surface area contributed by atoms with Crippen LogP contribution in [0.1, 0.15) is 47.1 Å². The van der Waals surface area contributed by atoms with Gasteiger partial charge in [0.2, 0.25) is 0 Å². The summed E-state index contributed by atoms with van der Waals surface area (Å²) in [7, 11) is 0. The van der Waals surface area contributed by atoms with Crippen LogP contribution in [0.25, 0.3) is 0 Å². The van der Waals surface area contributed by atoms with Gasteiger partial charge in [-0.2, -0.15) is 0 Å². The summed E-state index contributed by atoms with van der Waals surface area (Å²) in [4.78, 5) is 3.14. The summed E-state index contributed by atoms with van der Waals surface area (Å²) in [6.07, 6.45) is 3.96. The van der Waals surface area contributed by atoms with Crippen molar-refractivity contribution in [3.05, 3.63) is 57.3 Å². The molecule has 1 heterocycles. The van der Waals surface area contributed by atoms with Gasteiger partial charge in [-0.3, -0.25) is 0 Å². The maximum absolute atomic E-state index is 3.68. The first-order valence-electron chi connectivity index (χ1n) is 8.10. The fourth-order valence-electron chi connectivity index (χ4n) is 3.27. The zero-order chi connectivity index (χ0) is 14.7. The summed E-state index contributed by atoms with van der Waals surface area (Å²) in [6, 6.07) is 13.3. The van der Waals surface area contributed by atoms with Crippen molar-refractivity contribution in [3.63, 3.8) is 0 Å². The second kappa shape index (κ2) is 6.76. The summed E-state index contributed by atoms with van der Waals surface area (Å²) >= 11 is 2.02. The van der Waals surface area contributed by atoms with Gasteiger partial charge in [-0.15, -0.1) is 11.3 Å². The second-order valence-electron chi connectivity index (χ2n) is 6.41. The molecule has 0 radical (unpaired) electrons. The van der Waals surface area contributed by atoms with Crippen LogP contribution in [0.3, 0.4) is 0 Å². The van der Waals surface area contributed by atoms with Crippen molar-refractivity contribution < 1.29 is 0 Å². The third-order valence-corrected chi connectivity index (χ3v) is 5.73. The van der Waals surface area contributed by atoms with Crippen molar-refractivity contribution in [1.29, 1.82) is 0 Å². The van der Waals surface area contributed by atoms with E-state index in [2.05, 4.69) is 55.6 Å². The third-order valence-electron chi connectivity index (χ3n) is 4.49. The molecule has 0 saturated heterocycles. The molecule has 1 aromatic carbocycles. The monoisotopic (exact) mass is 299 g/mol. The Morgan fingerprint density at radius 1 is 1.14 bits per heavy atom. The molecule has 2 aromatic rings. The lowest BCUT2D eigenvalue weighted by Crippen LogP contribution is -2.24. The summed E-state index contributed by atoms with van der Waals surface area (Å²) in [6.45, 7) is 6.72. The standard InChI is InChI=1S/C19H25NS/c1-14(2)18(15-7-4-3-5-8-15)13-20-12-17-11-16-9-6-10-19(16)21-17/h3-5,7-8,11,14,18,20H,6,9-10,12-13H2,1-2H3. The van der Waals surface area contributed by atoms with Gasteiger partial charge in [0, 0.05) is 22.8 Å². The summed E-state index contributed by atoms with van der Waals surface area (Å²) < 4.78 is 0. The lowest BCUT2D eigenvalue weighted by Gasteiger charge is -2.21. The number of nitrogens with one attached hydrogen (secondary N) is 1. The van der Waals surface area contributed by atoms with Crippen molar-refractivity contribution in [2.75, 3.05) is 6.54 Å². The highest BCUT2D eigenvalue weighted by Crippen LogP contribution is 2.30. The van der Waals surface area contributed by atoms with Gasteiger partial charge >= 0.3 is 0 Å². The topological polar surface area (TPSA) is 12.0 Å². The van der Waals surface area contributed by atoms with Gasteiger partial charge < -0.3 is 5.32 Å². The molecule has 1 unspecified atom stereocenters. The number of hydrogen-bond donors (Lipinski definition) is 1. The number of aryl methyl sites for hydroxylation is 2. The minimum absolute atomic E-state index is 0.595. The van der Waals surface area contributed by atoms with E-state index in [4.69, 9.17) is 0 Å². The first-order chi connectivity index (χ1) is 10.2. The van der Waals surface area contributed by atoms with Crippen LogP contribution in [-0.2, 0) is 19.4 Å². The number of rotatable bonds is 6. The zero-order valence-electron chi connectivity index (χ0n) is 13.1. The molecule has 1 N–H and O–H groups in total. The summed E-state index contributed by atoms with van der Waals surface area (Å²) in [5.74, 6) is 1.26. The fourth-order valence-corrected chi connectivity index (χ4v) is 4.50. The smallest absolute Gasteiger partial charge is 0.0300 e. The van der Waals surface area contributed by atoms with Crippen molar-refractivity contribution in [2.24, 2.45) is 5.92 Å². The van der Waals surface area contributed by atoms with Crippen LogP contribution in [0.4, 0.5) is 0 Å². The molecule has 1 aromatic heterocycles. The lowest BCUT2D eigenvalue weighted by atomic mass is 9.88. The second-order valence-corrected chi connectivity index (χ2v) is 7.63. The molecule has 1 aliphatic carbocycles. The van der Waals surface area contributed by atoms with E-state index in [-0.39, 0.29) is 0 Å².